The zero-order chi connectivity index (χ0) is 18.3. The van der Waals surface area contributed by atoms with E-state index in [1.807, 2.05) is 0 Å². The molecule has 9 heteroatoms. The number of ether oxygens (including phenoxy) is 1. The Balaban J connectivity index is 2.93. The standard InChI is InChI=1S/C14H18F6O3/c1-8(2)10(21)23-11(3)6-4-9(5-7-11)12(22,13(15,16)17)14(18,19)20/h9,22H,1,4-7H2,2-3H3. The van der Waals surface area contributed by atoms with E-state index >= 15 is 0 Å². The van der Waals surface area contributed by atoms with Crippen LogP contribution in [0.25, 0.3) is 0 Å². The van der Waals surface area contributed by atoms with Crippen LogP contribution in [-0.2, 0) is 9.53 Å². The van der Waals surface area contributed by atoms with E-state index in [1.165, 1.54) is 13.8 Å². The Morgan fingerprint density at radius 2 is 1.52 bits per heavy atom. The van der Waals surface area contributed by atoms with Crippen molar-refractivity contribution in [2.45, 2.75) is 63.1 Å². The van der Waals surface area contributed by atoms with Gasteiger partial charge < -0.3 is 9.84 Å². The number of halogens is 6. The van der Waals surface area contributed by atoms with Gasteiger partial charge in [0.1, 0.15) is 5.60 Å². The van der Waals surface area contributed by atoms with Gasteiger partial charge in [-0.3, -0.25) is 0 Å². The van der Waals surface area contributed by atoms with Gasteiger partial charge in [-0.15, -0.1) is 0 Å². The number of rotatable bonds is 3. The van der Waals surface area contributed by atoms with Crippen LogP contribution in [0.4, 0.5) is 26.3 Å². The van der Waals surface area contributed by atoms with Crippen LogP contribution in [0.3, 0.4) is 0 Å². The minimum atomic E-state index is -5.84. The summed E-state index contributed by atoms with van der Waals surface area (Å²) in [6, 6.07) is 0. The zero-order valence-corrected chi connectivity index (χ0v) is 12.6. The van der Waals surface area contributed by atoms with E-state index in [9.17, 15) is 36.2 Å². The fraction of sp³-hybridized carbons (Fsp3) is 0.786. The summed E-state index contributed by atoms with van der Waals surface area (Å²) in [6.45, 7) is 6.17. The van der Waals surface area contributed by atoms with Crippen LogP contribution in [0.2, 0.25) is 0 Å². The third kappa shape index (κ3) is 3.81. The lowest BCUT2D eigenvalue weighted by molar-refractivity contribution is -0.388. The molecule has 23 heavy (non-hydrogen) atoms. The first-order valence-electron chi connectivity index (χ1n) is 6.89. The minimum absolute atomic E-state index is 0.0791. The second-order valence-electron chi connectivity index (χ2n) is 6.16. The Labute approximate surface area is 129 Å². The van der Waals surface area contributed by atoms with Crippen molar-refractivity contribution >= 4 is 5.97 Å². The van der Waals surface area contributed by atoms with Crippen molar-refractivity contribution in [3.8, 4) is 0 Å². The van der Waals surface area contributed by atoms with Crippen LogP contribution >= 0.6 is 0 Å². The average Bonchev–Trinajstić information content (AvgIpc) is 2.35. The van der Waals surface area contributed by atoms with Gasteiger partial charge in [-0.05, 0) is 39.5 Å². The van der Waals surface area contributed by atoms with Gasteiger partial charge in [0, 0.05) is 11.5 Å². The number of carbonyl (C=O) groups excluding carboxylic acids is 1. The maximum atomic E-state index is 12.8. The molecule has 3 nitrogen and oxygen atoms in total. The minimum Gasteiger partial charge on any atom is -0.456 e. The third-order valence-corrected chi connectivity index (χ3v) is 4.19. The van der Waals surface area contributed by atoms with Crippen molar-refractivity contribution in [3.63, 3.8) is 0 Å². The van der Waals surface area contributed by atoms with Crippen molar-refractivity contribution in [2.24, 2.45) is 5.92 Å². The van der Waals surface area contributed by atoms with Crippen molar-refractivity contribution in [2.75, 3.05) is 0 Å². The second-order valence-corrected chi connectivity index (χ2v) is 6.16. The normalized spacial score (nSPS) is 26.7. The Kier molecular flexibility index (Phi) is 5.16. The van der Waals surface area contributed by atoms with Crippen LogP contribution < -0.4 is 0 Å². The van der Waals surface area contributed by atoms with E-state index < -0.39 is 48.3 Å². The SMILES string of the molecule is C=C(C)C(=O)OC1(C)CCC(C(O)(C(F)(F)F)C(F)(F)F)CC1. The van der Waals surface area contributed by atoms with Crippen molar-refractivity contribution in [1.29, 1.82) is 0 Å². The summed E-state index contributed by atoms with van der Waals surface area (Å²) in [5.74, 6) is -2.80. The third-order valence-electron chi connectivity index (χ3n) is 4.19. The predicted octanol–water partition coefficient (Wildman–Crippen LogP) is 3.91. The van der Waals surface area contributed by atoms with Gasteiger partial charge in [0.25, 0.3) is 5.60 Å². The number of hydrogen-bond acceptors (Lipinski definition) is 3. The van der Waals surface area contributed by atoms with E-state index in [-0.39, 0.29) is 18.4 Å². The van der Waals surface area contributed by atoms with Crippen LogP contribution in [0.1, 0.15) is 39.5 Å². The molecular formula is C14H18F6O3. The lowest BCUT2D eigenvalue weighted by Crippen LogP contribution is -2.62. The topological polar surface area (TPSA) is 46.5 Å². The number of hydrogen-bond donors (Lipinski definition) is 1. The molecule has 134 valence electrons. The smallest absolute Gasteiger partial charge is 0.426 e. The summed E-state index contributed by atoms with van der Waals surface area (Å²) >= 11 is 0. The number of aliphatic hydroxyl groups is 1. The van der Waals surface area contributed by atoms with Gasteiger partial charge in [0.05, 0.1) is 0 Å². The van der Waals surface area contributed by atoms with Crippen molar-refractivity contribution < 1.29 is 41.0 Å². The number of esters is 1. The summed E-state index contributed by atoms with van der Waals surface area (Å²) in [6.07, 6.45) is -13.3. The Morgan fingerprint density at radius 1 is 1.13 bits per heavy atom. The van der Waals surface area contributed by atoms with Crippen molar-refractivity contribution in [3.05, 3.63) is 12.2 Å². The summed E-state index contributed by atoms with van der Waals surface area (Å²) in [4.78, 5) is 11.5. The quantitative estimate of drug-likeness (QED) is 0.478. The van der Waals surface area contributed by atoms with E-state index in [4.69, 9.17) is 4.74 Å². The molecule has 0 aromatic rings. The molecule has 1 N–H and O–H groups in total. The highest BCUT2D eigenvalue weighted by molar-refractivity contribution is 5.87. The summed E-state index contributed by atoms with van der Waals surface area (Å²) in [5.41, 5.74) is -5.86. The zero-order valence-electron chi connectivity index (χ0n) is 12.6. The fourth-order valence-electron chi connectivity index (χ4n) is 2.68. The average molecular weight is 348 g/mol. The molecule has 1 aliphatic rings. The first-order valence-corrected chi connectivity index (χ1v) is 6.89. The monoisotopic (exact) mass is 348 g/mol. The lowest BCUT2D eigenvalue weighted by Gasteiger charge is -2.44. The van der Waals surface area contributed by atoms with Crippen LogP contribution in [-0.4, -0.2) is 34.6 Å². The molecule has 0 unspecified atom stereocenters. The number of alkyl halides is 6. The first kappa shape index (κ1) is 19.8. The molecule has 0 bridgehead atoms. The van der Waals surface area contributed by atoms with Crippen LogP contribution in [0, 0.1) is 5.92 Å². The van der Waals surface area contributed by atoms with E-state index in [0.717, 1.165) is 0 Å². The summed E-state index contributed by atoms with van der Waals surface area (Å²) in [7, 11) is 0. The summed E-state index contributed by atoms with van der Waals surface area (Å²) < 4.78 is 82.0. The van der Waals surface area contributed by atoms with Crippen molar-refractivity contribution in [1.82, 2.24) is 0 Å². The van der Waals surface area contributed by atoms with Crippen LogP contribution in [0.5, 0.6) is 0 Å². The highest BCUT2D eigenvalue weighted by Gasteiger charge is 2.73. The molecule has 0 aliphatic heterocycles. The molecule has 0 atom stereocenters. The van der Waals surface area contributed by atoms with Gasteiger partial charge in [0.2, 0.25) is 0 Å². The maximum Gasteiger partial charge on any atom is 0.426 e. The van der Waals surface area contributed by atoms with Gasteiger partial charge >= 0.3 is 18.3 Å². The molecular weight excluding hydrogens is 330 g/mol. The predicted molar refractivity (Wildman–Crippen MR) is 68.3 cm³/mol. The molecule has 0 radical (unpaired) electrons. The largest absolute Gasteiger partial charge is 0.456 e. The van der Waals surface area contributed by atoms with Gasteiger partial charge in [-0.2, -0.15) is 26.3 Å². The molecule has 1 fully saturated rings. The molecule has 0 spiro atoms. The highest BCUT2D eigenvalue weighted by Crippen LogP contribution is 2.52. The Bertz CT molecular complexity index is 458. The fourth-order valence-corrected chi connectivity index (χ4v) is 2.68. The van der Waals surface area contributed by atoms with Gasteiger partial charge in [-0.1, -0.05) is 6.58 Å². The second kappa shape index (κ2) is 5.99. The highest BCUT2D eigenvalue weighted by atomic mass is 19.4. The Morgan fingerprint density at radius 3 is 1.83 bits per heavy atom. The molecule has 0 amide bonds. The maximum absolute atomic E-state index is 12.8. The van der Waals surface area contributed by atoms with Gasteiger partial charge in [0.15, 0.2) is 0 Å². The van der Waals surface area contributed by atoms with Gasteiger partial charge in [-0.25, -0.2) is 4.79 Å². The van der Waals surface area contributed by atoms with E-state index in [0.29, 0.717) is 0 Å². The molecule has 1 saturated carbocycles. The molecule has 0 saturated heterocycles. The number of carbonyl (C=O) groups is 1. The Hall–Kier alpha value is -1.25. The van der Waals surface area contributed by atoms with Crippen LogP contribution in [0.15, 0.2) is 12.2 Å². The molecule has 0 heterocycles. The first-order chi connectivity index (χ1) is 10.1. The lowest BCUT2D eigenvalue weighted by atomic mass is 9.71. The molecule has 1 aliphatic carbocycles. The molecule has 1 rings (SSSR count). The molecule has 0 aromatic heterocycles. The summed E-state index contributed by atoms with van der Waals surface area (Å²) in [5, 5.41) is 9.38. The van der Waals surface area contributed by atoms with E-state index in [1.54, 1.807) is 0 Å². The molecule has 0 aromatic carbocycles. The van der Waals surface area contributed by atoms with E-state index in [2.05, 4.69) is 6.58 Å².